The van der Waals surface area contributed by atoms with Crippen molar-refractivity contribution in [1.82, 2.24) is 28.7 Å². The van der Waals surface area contributed by atoms with Crippen LogP contribution < -0.4 is 16.1 Å². The fourth-order valence-electron chi connectivity index (χ4n) is 4.14. The number of amides is 1. The van der Waals surface area contributed by atoms with Gasteiger partial charge in [-0.3, -0.25) is 28.6 Å². The van der Waals surface area contributed by atoms with E-state index in [2.05, 4.69) is 22.1 Å². The Labute approximate surface area is 203 Å². The van der Waals surface area contributed by atoms with E-state index in [4.69, 9.17) is 4.98 Å². The highest BCUT2D eigenvalue weighted by Gasteiger charge is 2.24. The third-order valence-corrected chi connectivity index (χ3v) is 6.94. The highest BCUT2D eigenvalue weighted by Crippen LogP contribution is 2.32. The quantitative estimate of drug-likeness (QED) is 0.375. The number of hydrogen-bond acceptors (Lipinski definition) is 7. The molecule has 11 heteroatoms. The molecule has 0 bridgehead atoms. The van der Waals surface area contributed by atoms with Crippen molar-refractivity contribution in [3.05, 3.63) is 80.5 Å². The van der Waals surface area contributed by atoms with Crippen LogP contribution in [0.5, 0.6) is 0 Å². The van der Waals surface area contributed by atoms with Gasteiger partial charge in [0.15, 0.2) is 16.3 Å². The van der Waals surface area contributed by atoms with Crippen molar-refractivity contribution in [3.8, 4) is 0 Å². The van der Waals surface area contributed by atoms with Crippen LogP contribution in [0.1, 0.15) is 16.8 Å². The van der Waals surface area contributed by atoms with Crippen LogP contribution in [0.15, 0.2) is 52.4 Å². The maximum atomic E-state index is 13.7. The van der Waals surface area contributed by atoms with Crippen molar-refractivity contribution in [2.75, 3.05) is 4.90 Å². The molecular weight excluding hydrogens is 466 g/mol. The van der Waals surface area contributed by atoms with E-state index in [0.717, 1.165) is 25.9 Å². The molecule has 35 heavy (non-hydrogen) atoms. The Kier molecular flexibility index (Phi) is 5.56. The van der Waals surface area contributed by atoms with E-state index >= 15 is 0 Å². The monoisotopic (exact) mass is 489 g/mol. The zero-order valence-electron chi connectivity index (χ0n) is 19.7. The molecule has 5 rings (SSSR count). The fourth-order valence-corrected chi connectivity index (χ4v) is 5.30. The zero-order valence-corrected chi connectivity index (χ0v) is 20.5. The second-order valence-electron chi connectivity index (χ2n) is 8.48. The number of hydrogen-bond donors (Lipinski definition) is 0. The number of imidazole rings is 1. The van der Waals surface area contributed by atoms with Crippen LogP contribution in [-0.4, -0.2) is 34.6 Å². The van der Waals surface area contributed by atoms with E-state index in [1.54, 1.807) is 18.1 Å². The van der Waals surface area contributed by atoms with Crippen LogP contribution in [0.2, 0.25) is 0 Å². The lowest BCUT2D eigenvalue weighted by Gasteiger charge is -2.20. The van der Waals surface area contributed by atoms with Gasteiger partial charge in [-0.1, -0.05) is 23.5 Å². The molecule has 1 aromatic carbocycles. The van der Waals surface area contributed by atoms with Crippen molar-refractivity contribution in [2.45, 2.75) is 26.9 Å². The molecule has 4 heterocycles. The molecule has 0 saturated carbocycles. The summed E-state index contributed by atoms with van der Waals surface area (Å²) < 4.78 is 4.78. The van der Waals surface area contributed by atoms with Crippen LogP contribution in [0, 0.1) is 13.8 Å². The Morgan fingerprint density at radius 2 is 1.89 bits per heavy atom. The minimum Gasteiger partial charge on any atom is -0.315 e. The molecule has 10 nitrogen and oxygen atoms in total. The van der Waals surface area contributed by atoms with Gasteiger partial charge in [0, 0.05) is 20.3 Å². The first-order chi connectivity index (χ1) is 16.7. The molecule has 0 radical (unpaired) electrons. The standard InChI is InChI=1S/C24H23N7O3S/c1-14-9-15(2)19-17(10-14)35-23(27-19)31(11-16-7-5-6-8-25-16)18(32)12-30-13-26-21-20(30)22(33)29(4)24(34)28(21)3/h5-10,13H,11-12H2,1-4H3. The lowest BCUT2D eigenvalue weighted by atomic mass is 10.1. The van der Waals surface area contributed by atoms with Gasteiger partial charge in [-0.15, -0.1) is 0 Å². The third kappa shape index (κ3) is 3.93. The van der Waals surface area contributed by atoms with Crippen molar-refractivity contribution < 1.29 is 4.79 Å². The number of aromatic nitrogens is 6. The number of aryl methyl sites for hydroxylation is 3. The summed E-state index contributed by atoms with van der Waals surface area (Å²) in [6.45, 7) is 4.10. The van der Waals surface area contributed by atoms with Gasteiger partial charge in [-0.05, 0) is 43.2 Å². The molecule has 0 atom stereocenters. The molecule has 178 valence electrons. The van der Waals surface area contributed by atoms with E-state index in [1.165, 1.54) is 33.8 Å². The molecule has 1 amide bonds. The average molecular weight is 490 g/mol. The van der Waals surface area contributed by atoms with E-state index in [9.17, 15) is 14.4 Å². The second kappa shape index (κ2) is 8.58. The Bertz CT molecular complexity index is 1710. The molecule has 0 saturated heterocycles. The summed E-state index contributed by atoms with van der Waals surface area (Å²) in [6.07, 6.45) is 3.09. The first kappa shape index (κ1) is 22.7. The first-order valence-electron chi connectivity index (χ1n) is 10.9. The minimum atomic E-state index is -0.504. The Morgan fingerprint density at radius 3 is 2.63 bits per heavy atom. The maximum absolute atomic E-state index is 13.7. The number of fused-ring (bicyclic) bond motifs is 2. The molecule has 0 fully saturated rings. The maximum Gasteiger partial charge on any atom is 0.332 e. The summed E-state index contributed by atoms with van der Waals surface area (Å²) in [4.78, 5) is 53.7. The number of thiazole rings is 1. The molecule has 0 aliphatic carbocycles. The lowest BCUT2D eigenvalue weighted by Crippen LogP contribution is -2.38. The summed E-state index contributed by atoms with van der Waals surface area (Å²) in [5.74, 6) is -0.278. The van der Waals surface area contributed by atoms with Gasteiger partial charge < -0.3 is 4.57 Å². The van der Waals surface area contributed by atoms with E-state index in [1.807, 2.05) is 32.0 Å². The Hall–Kier alpha value is -4.12. The molecule has 0 N–H and O–H groups in total. The molecule has 4 aromatic heterocycles. The number of benzene rings is 1. The molecule has 0 aliphatic heterocycles. The number of nitrogens with zero attached hydrogens (tertiary/aromatic N) is 7. The summed E-state index contributed by atoms with van der Waals surface area (Å²) in [5, 5.41) is 0.550. The van der Waals surface area contributed by atoms with E-state index in [-0.39, 0.29) is 30.2 Å². The highest BCUT2D eigenvalue weighted by atomic mass is 32.1. The Morgan fingerprint density at radius 1 is 1.09 bits per heavy atom. The Balaban J connectivity index is 1.59. The molecule has 0 unspecified atom stereocenters. The number of carbonyl (C=O) groups excluding carboxylic acids is 1. The van der Waals surface area contributed by atoms with Crippen molar-refractivity contribution in [2.24, 2.45) is 14.1 Å². The van der Waals surface area contributed by atoms with Crippen LogP contribution in [0.25, 0.3) is 21.4 Å². The minimum absolute atomic E-state index is 0.148. The third-order valence-electron chi connectivity index (χ3n) is 5.92. The van der Waals surface area contributed by atoms with Gasteiger partial charge in [0.1, 0.15) is 6.54 Å². The second-order valence-corrected chi connectivity index (χ2v) is 9.49. The van der Waals surface area contributed by atoms with Gasteiger partial charge in [0.25, 0.3) is 5.56 Å². The number of anilines is 1. The summed E-state index contributed by atoms with van der Waals surface area (Å²) in [6, 6.07) is 9.65. The number of carbonyl (C=O) groups is 1. The van der Waals surface area contributed by atoms with Crippen molar-refractivity contribution in [1.29, 1.82) is 0 Å². The topological polar surface area (TPSA) is 108 Å². The van der Waals surface area contributed by atoms with Crippen LogP contribution in [-0.2, 0) is 32.0 Å². The summed E-state index contributed by atoms with van der Waals surface area (Å²) >= 11 is 1.44. The van der Waals surface area contributed by atoms with Gasteiger partial charge in [-0.2, -0.15) is 0 Å². The largest absolute Gasteiger partial charge is 0.332 e. The first-order valence-corrected chi connectivity index (χ1v) is 11.7. The summed E-state index contributed by atoms with van der Waals surface area (Å²) in [5.41, 5.74) is 3.17. The zero-order chi connectivity index (χ0) is 24.9. The van der Waals surface area contributed by atoms with Gasteiger partial charge in [-0.25, -0.2) is 14.8 Å². The SMILES string of the molecule is Cc1cc(C)c2nc(N(Cc3ccccn3)C(=O)Cn3cnc4c3c(=O)n(C)c(=O)n4C)sc2c1. The summed E-state index contributed by atoms with van der Waals surface area (Å²) in [7, 11) is 2.95. The molecule has 0 aliphatic rings. The number of rotatable bonds is 5. The van der Waals surface area contributed by atoms with Crippen molar-refractivity contribution in [3.63, 3.8) is 0 Å². The predicted molar refractivity (Wildman–Crippen MR) is 135 cm³/mol. The van der Waals surface area contributed by atoms with E-state index in [0.29, 0.717) is 10.8 Å². The van der Waals surface area contributed by atoms with Gasteiger partial charge >= 0.3 is 5.69 Å². The fraction of sp³-hybridized carbons (Fsp3) is 0.250. The average Bonchev–Trinajstić information content (AvgIpc) is 3.45. The van der Waals surface area contributed by atoms with Crippen LogP contribution >= 0.6 is 11.3 Å². The highest BCUT2D eigenvalue weighted by molar-refractivity contribution is 7.22. The predicted octanol–water partition coefficient (Wildman–Crippen LogP) is 2.29. The van der Waals surface area contributed by atoms with Crippen LogP contribution in [0.3, 0.4) is 0 Å². The van der Waals surface area contributed by atoms with Gasteiger partial charge in [0.05, 0.1) is 28.8 Å². The number of pyridine rings is 1. The van der Waals surface area contributed by atoms with Crippen LogP contribution in [0.4, 0.5) is 5.13 Å². The molecule has 5 aromatic rings. The smallest absolute Gasteiger partial charge is 0.315 e. The molecule has 0 spiro atoms. The lowest BCUT2D eigenvalue weighted by molar-refractivity contribution is -0.119. The molecular formula is C24H23N7O3S. The normalized spacial score (nSPS) is 11.4. The van der Waals surface area contributed by atoms with E-state index < -0.39 is 11.2 Å². The van der Waals surface area contributed by atoms with Gasteiger partial charge in [0.2, 0.25) is 5.91 Å². The van der Waals surface area contributed by atoms with Crippen molar-refractivity contribution >= 4 is 43.8 Å².